The number of rotatable bonds is 3. The van der Waals surface area contributed by atoms with Gasteiger partial charge in [0.1, 0.15) is 12.4 Å². The van der Waals surface area contributed by atoms with Crippen LogP contribution in [-0.4, -0.2) is 14.7 Å². The normalized spacial score (nSPS) is 11.2. The van der Waals surface area contributed by atoms with Crippen molar-refractivity contribution in [2.45, 2.75) is 40.3 Å². The Kier molecular flexibility index (Phi) is 2.97. The molecule has 0 atom stereocenters. The Balaban J connectivity index is 2.69. The van der Waals surface area contributed by atoms with E-state index in [4.69, 9.17) is 0 Å². The second kappa shape index (κ2) is 4.26. The maximum Gasteiger partial charge on any atom is 0.135 e. The average Bonchev–Trinajstić information content (AvgIpc) is 2.58. The molecular weight excluding hydrogens is 200 g/mol. The molecule has 0 saturated heterocycles. The van der Waals surface area contributed by atoms with Crippen LogP contribution >= 0.6 is 0 Å². The highest BCUT2D eigenvalue weighted by Gasteiger charge is 2.10. The van der Waals surface area contributed by atoms with Crippen molar-refractivity contribution in [3.05, 3.63) is 29.1 Å². The summed E-state index contributed by atoms with van der Waals surface area (Å²) in [7, 11) is 0. The first-order chi connectivity index (χ1) is 7.67. The summed E-state index contributed by atoms with van der Waals surface area (Å²) >= 11 is 0. The first-order valence-corrected chi connectivity index (χ1v) is 5.74. The van der Waals surface area contributed by atoms with Gasteiger partial charge in [-0.2, -0.15) is 0 Å². The van der Waals surface area contributed by atoms with Crippen LogP contribution in [0.25, 0.3) is 11.0 Å². The number of aromatic nitrogens is 2. The Morgan fingerprint density at radius 2 is 1.94 bits per heavy atom. The van der Waals surface area contributed by atoms with Gasteiger partial charge in [-0.1, -0.05) is 6.92 Å². The Morgan fingerprint density at radius 3 is 2.56 bits per heavy atom. The van der Waals surface area contributed by atoms with Gasteiger partial charge in [-0.15, -0.1) is 0 Å². The van der Waals surface area contributed by atoms with E-state index in [1.54, 1.807) is 0 Å². The van der Waals surface area contributed by atoms with Crippen molar-refractivity contribution in [1.82, 2.24) is 9.55 Å². The van der Waals surface area contributed by atoms with E-state index in [1.807, 2.05) is 0 Å². The molecule has 3 heteroatoms. The topological polar surface area (TPSA) is 38.0 Å². The van der Waals surface area contributed by atoms with E-state index in [1.165, 1.54) is 11.1 Å². The number of aryl methyl sites for hydroxylation is 3. The van der Waals surface area contributed by atoms with E-state index < -0.39 is 0 Å². The number of hydrogen-bond donors (Lipinski definition) is 1. The molecule has 0 aliphatic rings. The summed E-state index contributed by atoms with van der Waals surface area (Å²) in [6, 6.07) is 4.25. The third kappa shape index (κ3) is 1.71. The smallest absolute Gasteiger partial charge is 0.135 e. The summed E-state index contributed by atoms with van der Waals surface area (Å²) in [4.78, 5) is 4.46. The first kappa shape index (κ1) is 11.1. The minimum Gasteiger partial charge on any atom is -0.388 e. The third-order valence-electron chi connectivity index (χ3n) is 3.03. The average molecular weight is 218 g/mol. The fraction of sp³-hybridized carbons (Fsp3) is 0.462. The molecular formula is C13H18N2O. The zero-order chi connectivity index (χ0) is 11.7. The minimum atomic E-state index is 0.00672. The number of aliphatic hydroxyl groups is 1. The molecule has 1 aromatic carbocycles. The lowest BCUT2D eigenvalue weighted by atomic mass is 10.1. The zero-order valence-electron chi connectivity index (χ0n) is 10.1. The Morgan fingerprint density at radius 1 is 1.25 bits per heavy atom. The molecule has 16 heavy (non-hydrogen) atoms. The predicted octanol–water partition coefficient (Wildman–Crippen LogP) is 2.56. The quantitative estimate of drug-likeness (QED) is 0.859. The van der Waals surface area contributed by atoms with Crippen LogP contribution in [0.4, 0.5) is 0 Å². The van der Waals surface area contributed by atoms with Gasteiger partial charge in [0.15, 0.2) is 0 Å². The lowest BCUT2D eigenvalue weighted by Gasteiger charge is -2.06. The monoisotopic (exact) mass is 218 g/mol. The van der Waals surface area contributed by atoms with E-state index in [9.17, 15) is 5.11 Å². The van der Waals surface area contributed by atoms with Crippen molar-refractivity contribution in [1.29, 1.82) is 0 Å². The molecule has 1 aromatic heterocycles. The van der Waals surface area contributed by atoms with Crippen LogP contribution in [-0.2, 0) is 13.2 Å². The van der Waals surface area contributed by atoms with Gasteiger partial charge in [-0.25, -0.2) is 4.98 Å². The van der Waals surface area contributed by atoms with Crippen molar-refractivity contribution in [3.8, 4) is 0 Å². The van der Waals surface area contributed by atoms with Gasteiger partial charge in [-0.05, 0) is 43.5 Å². The maximum absolute atomic E-state index is 9.30. The van der Waals surface area contributed by atoms with Crippen LogP contribution in [0.2, 0.25) is 0 Å². The summed E-state index contributed by atoms with van der Waals surface area (Å²) < 4.78 is 2.11. The fourth-order valence-electron chi connectivity index (χ4n) is 2.02. The molecule has 1 N–H and O–H groups in total. The van der Waals surface area contributed by atoms with Gasteiger partial charge in [-0.3, -0.25) is 0 Å². The molecule has 2 aromatic rings. The molecule has 3 nitrogen and oxygen atoms in total. The Labute approximate surface area is 95.7 Å². The van der Waals surface area contributed by atoms with E-state index in [-0.39, 0.29) is 6.61 Å². The maximum atomic E-state index is 9.30. The molecule has 0 fully saturated rings. The summed E-state index contributed by atoms with van der Waals surface area (Å²) in [6.45, 7) is 7.25. The van der Waals surface area contributed by atoms with Gasteiger partial charge in [0, 0.05) is 6.54 Å². The molecule has 0 bridgehead atoms. The van der Waals surface area contributed by atoms with Crippen molar-refractivity contribution in [3.63, 3.8) is 0 Å². The van der Waals surface area contributed by atoms with Crippen molar-refractivity contribution in [2.24, 2.45) is 0 Å². The van der Waals surface area contributed by atoms with E-state index >= 15 is 0 Å². The number of imidazole rings is 1. The second-order valence-corrected chi connectivity index (χ2v) is 4.26. The van der Waals surface area contributed by atoms with E-state index in [0.717, 1.165) is 29.8 Å². The molecule has 0 aliphatic carbocycles. The number of fused-ring (bicyclic) bond motifs is 1. The Bertz CT molecular complexity index is 514. The highest BCUT2D eigenvalue weighted by atomic mass is 16.3. The number of hydrogen-bond acceptors (Lipinski definition) is 2. The standard InChI is InChI=1S/C13H18N2O/c1-4-5-15-12-7-10(3)9(2)6-11(12)14-13(15)8-16/h6-7,16H,4-5,8H2,1-3H3. The van der Waals surface area contributed by atoms with Crippen LogP contribution < -0.4 is 0 Å². The molecule has 0 saturated carbocycles. The summed E-state index contributed by atoms with van der Waals surface area (Å²) in [5, 5.41) is 9.30. The van der Waals surface area contributed by atoms with Crippen LogP contribution in [0.1, 0.15) is 30.3 Å². The fourth-order valence-corrected chi connectivity index (χ4v) is 2.02. The van der Waals surface area contributed by atoms with E-state index in [0.29, 0.717) is 0 Å². The van der Waals surface area contributed by atoms with Crippen LogP contribution in [0, 0.1) is 13.8 Å². The lowest BCUT2D eigenvalue weighted by Crippen LogP contribution is -2.03. The van der Waals surface area contributed by atoms with Gasteiger partial charge in [0.2, 0.25) is 0 Å². The second-order valence-electron chi connectivity index (χ2n) is 4.26. The molecule has 0 spiro atoms. The van der Waals surface area contributed by atoms with Crippen molar-refractivity contribution in [2.75, 3.05) is 0 Å². The summed E-state index contributed by atoms with van der Waals surface area (Å²) in [5.74, 6) is 0.766. The predicted molar refractivity (Wildman–Crippen MR) is 65.4 cm³/mol. The Hall–Kier alpha value is -1.35. The number of benzene rings is 1. The van der Waals surface area contributed by atoms with Gasteiger partial charge < -0.3 is 9.67 Å². The molecule has 1 heterocycles. The molecule has 86 valence electrons. The van der Waals surface area contributed by atoms with Crippen LogP contribution in [0.15, 0.2) is 12.1 Å². The van der Waals surface area contributed by atoms with Crippen molar-refractivity contribution < 1.29 is 5.11 Å². The summed E-state index contributed by atoms with van der Waals surface area (Å²) in [5.41, 5.74) is 4.64. The van der Waals surface area contributed by atoms with Gasteiger partial charge >= 0.3 is 0 Å². The largest absolute Gasteiger partial charge is 0.388 e. The molecule has 0 unspecified atom stereocenters. The lowest BCUT2D eigenvalue weighted by molar-refractivity contribution is 0.265. The van der Waals surface area contributed by atoms with Gasteiger partial charge in [0.25, 0.3) is 0 Å². The summed E-state index contributed by atoms with van der Waals surface area (Å²) in [6.07, 6.45) is 1.05. The zero-order valence-corrected chi connectivity index (χ0v) is 10.1. The molecule has 0 radical (unpaired) electrons. The highest BCUT2D eigenvalue weighted by Crippen LogP contribution is 2.21. The van der Waals surface area contributed by atoms with Crippen LogP contribution in [0.3, 0.4) is 0 Å². The minimum absolute atomic E-state index is 0.00672. The third-order valence-corrected chi connectivity index (χ3v) is 3.03. The molecule has 0 aliphatic heterocycles. The van der Waals surface area contributed by atoms with Gasteiger partial charge in [0.05, 0.1) is 11.0 Å². The number of aliphatic hydroxyl groups excluding tert-OH is 1. The van der Waals surface area contributed by atoms with Crippen LogP contribution in [0.5, 0.6) is 0 Å². The molecule has 0 amide bonds. The number of nitrogens with zero attached hydrogens (tertiary/aromatic N) is 2. The highest BCUT2D eigenvalue weighted by molar-refractivity contribution is 5.78. The SMILES string of the molecule is CCCn1c(CO)nc2cc(C)c(C)cc21. The molecule has 2 rings (SSSR count). The van der Waals surface area contributed by atoms with Crippen molar-refractivity contribution >= 4 is 11.0 Å². The van der Waals surface area contributed by atoms with E-state index in [2.05, 4.69) is 42.5 Å². The first-order valence-electron chi connectivity index (χ1n) is 5.74.